The van der Waals surface area contributed by atoms with E-state index in [1.54, 1.807) is 10.6 Å². The molecular weight excluding hydrogens is 326 g/mol. The fourth-order valence-corrected chi connectivity index (χ4v) is 2.88. The average Bonchev–Trinajstić information content (AvgIpc) is 3.04. The first-order chi connectivity index (χ1) is 11.5. The Morgan fingerprint density at radius 2 is 2.00 bits per heavy atom. The van der Waals surface area contributed by atoms with Gasteiger partial charge in [-0.25, -0.2) is 4.98 Å². The number of nitrogens with zero attached hydrogens (tertiary/aromatic N) is 3. The molecule has 24 heavy (non-hydrogen) atoms. The van der Waals surface area contributed by atoms with Crippen LogP contribution in [-0.4, -0.2) is 20.0 Å². The minimum Gasteiger partial charge on any atom is -0.364 e. The van der Waals surface area contributed by atoms with Crippen molar-refractivity contribution in [2.24, 2.45) is 5.73 Å². The summed E-state index contributed by atoms with van der Waals surface area (Å²) in [6.45, 7) is 3.25. The molecule has 0 radical (unpaired) electrons. The molecule has 3 aromatic rings. The van der Waals surface area contributed by atoms with Gasteiger partial charge in [0.2, 0.25) is 0 Å². The van der Waals surface area contributed by atoms with Crippen LogP contribution in [0.25, 0.3) is 11.0 Å². The van der Waals surface area contributed by atoms with Gasteiger partial charge in [-0.3, -0.25) is 10.2 Å². The molecule has 3 rings (SSSR count). The maximum Gasteiger partial charge on any atom is 0.271 e. The van der Waals surface area contributed by atoms with E-state index in [1.165, 1.54) is 0 Å². The molecule has 0 spiro atoms. The molecule has 6 nitrogen and oxygen atoms in total. The fourth-order valence-electron chi connectivity index (χ4n) is 2.72. The van der Waals surface area contributed by atoms with Gasteiger partial charge in [0.1, 0.15) is 0 Å². The second-order valence-electron chi connectivity index (χ2n) is 5.69. The summed E-state index contributed by atoms with van der Waals surface area (Å²) in [6, 6.07) is 7.54. The lowest BCUT2D eigenvalue weighted by atomic mass is 10.2. The Kier molecular flexibility index (Phi) is 4.40. The monoisotopic (exact) mass is 343 g/mol. The minimum absolute atomic E-state index is 0.0161. The maximum atomic E-state index is 11.6. The van der Waals surface area contributed by atoms with Crippen LogP contribution in [0.1, 0.15) is 22.5 Å². The van der Waals surface area contributed by atoms with E-state index in [0.29, 0.717) is 17.1 Å². The van der Waals surface area contributed by atoms with Gasteiger partial charge in [0.15, 0.2) is 11.2 Å². The summed E-state index contributed by atoms with van der Waals surface area (Å²) in [7, 11) is 0. The summed E-state index contributed by atoms with van der Waals surface area (Å²) in [5.74, 6) is -0.700. The molecular formula is C17H18ClN5O. The molecule has 0 atom stereocenters. The van der Waals surface area contributed by atoms with Crippen molar-refractivity contribution in [3.05, 3.63) is 58.4 Å². The Morgan fingerprint density at radius 1 is 1.29 bits per heavy atom. The van der Waals surface area contributed by atoms with Crippen LogP contribution in [0.2, 0.25) is 5.02 Å². The van der Waals surface area contributed by atoms with Gasteiger partial charge < -0.3 is 14.9 Å². The predicted molar refractivity (Wildman–Crippen MR) is 92.9 cm³/mol. The predicted octanol–water partition coefficient (Wildman–Crippen LogP) is 2.47. The highest BCUT2D eigenvalue weighted by Crippen LogP contribution is 2.22. The highest BCUT2D eigenvalue weighted by molar-refractivity contribution is 6.32. The van der Waals surface area contributed by atoms with E-state index in [0.717, 1.165) is 24.0 Å². The Hall–Kier alpha value is -2.60. The van der Waals surface area contributed by atoms with Crippen molar-refractivity contribution in [1.82, 2.24) is 14.1 Å². The molecule has 0 aliphatic heterocycles. The summed E-state index contributed by atoms with van der Waals surface area (Å²) in [6.07, 6.45) is 4.78. The van der Waals surface area contributed by atoms with E-state index in [9.17, 15) is 4.79 Å². The minimum atomic E-state index is -0.700. The summed E-state index contributed by atoms with van der Waals surface area (Å²) in [5.41, 5.74) is 7.58. The number of hydrogen-bond acceptors (Lipinski definition) is 3. The number of rotatable bonds is 5. The number of hydrogen-bond donors (Lipinski definition) is 2. The van der Waals surface area contributed by atoms with Crippen LogP contribution in [0.5, 0.6) is 0 Å². The van der Waals surface area contributed by atoms with Crippen molar-refractivity contribution in [2.75, 3.05) is 0 Å². The first kappa shape index (κ1) is 16.3. The number of nitrogens with one attached hydrogen (secondary N) is 1. The van der Waals surface area contributed by atoms with Crippen LogP contribution >= 0.6 is 11.6 Å². The molecule has 1 amide bonds. The number of aryl methyl sites for hydroxylation is 3. The maximum absolute atomic E-state index is 11.6. The molecule has 0 unspecified atom stereocenters. The number of fused-ring (bicyclic) bond motifs is 1. The molecule has 0 aliphatic carbocycles. The summed E-state index contributed by atoms with van der Waals surface area (Å²) >= 11 is 6.23. The molecule has 2 aromatic heterocycles. The zero-order valence-electron chi connectivity index (χ0n) is 13.3. The van der Waals surface area contributed by atoms with Crippen LogP contribution in [0.4, 0.5) is 0 Å². The molecule has 2 heterocycles. The Morgan fingerprint density at radius 3 is 2.67 bits per heavy atom. The second kappa shape index (κ2) is 6.49. The molecule has 1 aromatic carbocycles. The van der Waals surface area contributed by atoms with Crippen LogP contribution in [0, 0.1) is 12.3 Å². The number of amides is 1. The van der Waals surface area contributed by atoms with Crippen molar-refractivity contribution in [2.45, 2.75) is 26.4 Å². The van der Waals surface area contributed by atoms with Gasteiger partial charge >= 0.3 is 0 Å². The third kappa shape index (κ3) is 3.05. The Bertz CT molecular complexity index is 959. The van der Waals surface area contributed by atoms with Gasteiger partial charge in [0.05, 0.1) is 11.0 Å². The van der Waals surface area contributed by atoms with Gasteiger partial charge in [-0.2, -0.15) is 0 Å². The highest BCUT2D eigenvalue weighted by atomic mass is 35.5. The number of halogens is 1. The number of aromatic nitrogens is 3. The normalized spacial score (nSPS) is 11.1. The van der Waals surface area contributed by atoms with Crippen molar-refractivity contribution >= 4 is 28.5 Å². The van der Waals surface area contributed by atoms with E-state index in [2.05, 4.69) is 9.55 Å². The SMILES string of the molecule is Cc1cc2nc(C(N)=O)c(=N)n(CCCn3cccc3)c2cc1Cl. The average molecular weight is 344 g/mol. The van der Waals surface area contributed by atoms with Crippen LogP contribution in [-0.2, 0) is 13.1 Å². The zero-order valence-corrected chi connectivity index (χ0v) is 14.0. The van der Waals surface area contributed by atoms with Gasteiger partial charge in [0, 0.05) is 30.5 Å². The van der Waals surface area contributed by atoms with Crippen molar-refractivity contribution in [3.63, 3.8) is 0 Å². The molecule has 0 bridgehead atoms. The zero-order chi connectivity index (χ0) is 17.3. The van der Waals surface area contributed by atoms with E-state index in [4.69, 9.17) is 22.7 Å². The molecule has 124 valence electrons. The number of benzene rings is 1. The third-order valence-corrected chi connectivity index (χ3v) is 4.38. The Balaban J connectivity index is 2.05. The van der Waals surface area contributed by atoms with Gasteiger partial charge in [-0.15, -0.1) is 0 Å². The summed E-state index contributed by atoms with van der Waals surface area (Å²) in [5, 5.41) is 8.89. The van der Waals surface area contributed by atoms with E-state index in [1.807, 2.05) is 37.5 Å². The van der Waals surface area contributed by atoms with Crippen LogP contribution < -0.4 is 11.2 Å². The van der Waals surface area contributed by atoms with E-state index >= 15 is 0 Å². The summed E-state index contributed by atoms with van der Waals surface area (Å²) in [4.78, 5) is 15.9. The third-order valence-electron chi connectivity index (χ3n) is 3.97. The van der Waals surface area contributed by atoms with Gasteiger partial charge in [-0.1, -0.05) is 11.6 Å². The number of primary amides is 1. The first-order valence-corrected chi connectivity index (χ1v) is 8.01. The number of nitrogens with two attached hydrogens (primary N) is 1. The van der Waals surface area contributed by atoms with Gasteiger partial charge in [0.25, 0.3) is 5.91 Å². The molecule has 7 heteroatoms. The molecule has 0 saturated heterocycles. The second-order valence-corrected chi connectivity index (χ2v) is 6.10. The molecule has 3 N–H and O–H groups in total. The lowest BCUT2D eigenvalue weighted by Gasteiger charge is -2.14. The first-order valence-electron chi connectivity index (χ1n) is 7.63. The lowest BCUT2D eigenvalue weighted by molar-refractivity contribution is 0.0993. The van der Waals surface area contributed by atoms with Crippen molar-refractivity contribution in [1.29, 1.82) is 5.41 Å². The van der Waals surface area contributed by atoms with E-state index < -0.39 is 5.91 Å². The Labute approximate surface area is 144 Å². The molecule has 0 fully saturated rings. The largest absolute Gasteiger partial charge is 0.364 e. The quantitative estimate of drug-likeness (QED) is 0.745. The smallest absolute Gasteiger partial charge is 0.271 e. The van der Waals surface area contributed by atoms with Crippen molar-refractivity contribution < 1.29 is 4.79 Å². The van der Waals surface area contributed by atoms with Crippen LogP contribution in [0.3, 0.4) is 0 Å². The van der Waals surface area contributed by atoms with Gasteiger partial charge in [-0.05, 0) is 43.2 Å². The van der Waals surface area contributed by atoms with Crippen LogP contribution in [0.15, 0.2) is 36.7 Å². The van der Waals surface area contributed by atoms with Crippen molar-refractivity contribution in [3.8, 4) is 0 Å². The topological polar surface area (TPSA) is 89.7 Å². The lowest BCUT2D eigenvalue weighted by Crippen LogP contribution is -2.32. The molecule has 0 aliphatic rings. The highest BCUT2D eigenvalue weighted by Gasteiger charge is 2.14. The fraction of sp³-hybridized carbons (Fsp3) is 0.235. The molecule has 0 saturated carbocycles. The van der Waals surface area contributed by atoms with E-state index in [-0.39, 0.29) is 11.2 Å². The number of carbonyl (C=O) groups excluding carboxylic acids is 1. The summed E-state index contributed by atoms with van der Waals surface area (Å²) < 4.78 is 3.82. The number of carbonyl (C=O) groups is 1. The standard InChI is InChI=1S/C17H18ClN5O/c1-11-9-13-14(10-12(11)18)23(16(19)15(21-13)17(20)24)8-4-7-22-5-2-3-6-22/h2-3,5-6,9-10,19H,4,7-8H2,1H3,(H2,20,24).